The highest BCUT2D eigenvalue weighted by atomic mass is 32.2. The van der Waals surface area contributed by atoms with E-state index >= 15 is 0 Å². The predicted molar refractivity (Wildman–Crippen MR) is 105 cm³/mol. The Morgan fingerprint density at radius 3 is 2.52 bits per heavy atom. The third-order valence-electron chi connectivity index (χ3n) is 4.93. The Balaban J connectivity index is 1.43. The minimum atomic E-state index is -4.07. The topological polar surface area (TPSA) is 122 Å². The summed E-state index contributed by atoms with van der Waals surface area (Å²) in [5.74, 6) is -2.23. The number of aromatic nitrogens is 1. The zero-order valence-electron chi connectivity index (χ0n) is 16.7. The van der Waals surface area contributed by atoms with Crippen molar-refractivity contribution in [3.8, 4) is 0 Å². The molecule has 1 aliphatic heterocycles. The molecule has 0 spiro atoms. The molecule has 9 nitrogen and oxygen atoms in total. The lowest BCUT2D eigenvalue weighted by Gasteiger charge is -2.31. The Morgan fingerprint density at radius 1 is 1.19 bits per heavy atom. The number of anilines is 1. The lowest BCUT2D eigenvalue weighted by molar-refractivity contribution is -0.134. The number of carbonyl (C=O) groups is 2. The first-order valence-electron chi connectivity index (χ1n) is 9.62. The number of carbonyl (C=O) groups excluding carboxylic acids is 2. The fourth-order valence-electron chi connectivity index (χ4n) is 3.22. The summed E-state index contributed by atoms with van der Waals surface area (Å²) in [4.78, 5) is 25.8. The van der Waals surface area contributed by atoms with E-state index in [1.165, 1.54) is 0 Å². The molecule has 1 saturated heterocycles. The van der Waals surface area contributed by atoms with Gasteiger partial charge < -0.3 is 14.7 Å². The fourth-order valence-corrected chi connectivity index (χ4v) is 4.27. The van der Waals surface area contributed by atoms with Crippen molar-refractivity contribution in [1.82, 2.24) is 14.8 Å². The van der Waals surface area contributed by atoms with E-state index in [2.05, 4.69) is 15.2 Å². The van der Waals surface area contributed by atoms with Gasteiger partial charge >= 0.3 is 0 Å². The van der Waals surface area contributed by atoms with Crippen molar-refractivity contribution in [2.75, 3.05) is 25.0 Å². The van der Waals surface area contributed by atoms with Crippen molar-refractivity contribution < 1.29 is 31.3 Å². The Labute approximate surface area is 177 Å². The van der Waals surface area contributed by atoms with Gasteiger partial charge in [-0.2, -0.15) is 0 Å². The second-order valence-electron chi connectivity index (χ2n) is 7.19. The monoisotopic (exact) mass is 456 g/mol. The first-order chi connectivity index (χ1) is 14.7. The van der Waals surface area contributed by atoms with E-state index in [4.69, 9.17) is 4.52 Å². The van der Waals surface area contributed by atoms with Crippen molar-refractivity contribution >= 4 is 27.7 Å². The van der Waals surface area contributed by atoms with Crippen LogP contribution in [0.2, 0.25) is 0 Å². The molecule has 0 radical (unpaired) electrons. The number of aryl methyl sites for hydroxylation is 1. The van der Waals surface area contributed by atoms with Gasteiger partial charge in [-0.05, 0) is 38.0 Å². The van der Waals surface area contributed by atoms with E-state index in [1.807, 2.05) is 0 Å². The number of hydrogen-bond donors (Lipinski definition) is 2. The Bertz CT molecular complexity index is 1070. The molecule has 0 bridgehead atoms. The fraction of sp³-hybridized carbons (Fsp3) is 0.421. The summed E-state index contributed by atoms with van der Waals surface area (Å²) in [7, 11) is -4.07. The molecule has 0 aliphatic carbocycles. The molecule has 3 rings (SSSR count). The van der Waals surface area contributed by atoms with Crippen LogP contribution in [0.4, 0.5) is 14.6 Å². The maximum atomic E-state index is 13.2. The summed E-state index contributed by atoms with van der Waals surface area (Å²) in [6.07, 6.45) is 0.835. The van der Waals surface area contributed by atoms with Gasteiger partial charge in [0.05, 0.1) is 4.90 Å². The second-order valence-corrected chi connectivity index (χ2v) is 8.96. The number of hydrogen-bond acceptors (Lipinski definition) is 6. The van der Waals surface area contributed by atoms with Gasteiger partial charge in [-0.1, -0.05) is 5.16 Å². The quantitative estimate of drug-likeness (QED) is 0.655. The Kier molecular flexibility index (Phi) is 7.01. The molecule has 0 unspecified atom stereocenters. The standard InChI is InChI=1S/C19H22F2N4O5S/c1-12-10-17(24-30-12)23-19(27)13-5-8-25(9-6-13)18(26)4-7-22-31(28,29)14-2-3-15(20)16(21)11-14/h2-3,10-11,13,22H,4-9H2,1H3,(H,23,24,27). The van der Waals surface area contributed by atoms with Crippen LogP contribution in [-0.4, -0.2) is 49.9 Å². The lowest BCUT2D eigenvalue weighted by Crippen LogP contribution is -2.42. The van der Waals surface area contributed by atoms with Crippen molar-refractivity contribution in [3.05, 3.63) is 41.7 Å². The van der Waals surface area contributed by atoms with Gasteiger partial charge in [0.2, 0.25) is 21.8 Å². The third kappa shape index (κ3) is 5.85. The van der Waals surface area contributed by atoms with Crippen molar-refractivity contribution in [2.24, 2.45) is 5.92 Å². The molecular formula is C19H22F2N4O5S. The normalized spacial score (nSPS) is 15.1. The maximum Gasteiger partial charge on any atom is 0.240 e. The number of benzene rings is 1. The van der Waals surface area contributed by atoms with Gasteiger partial charge in [0.1, 0.15) is 5.76 Å². The van der Waals surface area contributed by atoms with Crippen LogP contribution in [0, 0.1) is 24.5 Å². The summed E-state index contributed by atoms with van der Waals surface area (Å²) in [6, 6.07) is 3.85. The van der Waals surface area contributed by atoms with Gasteiger partial charge in [-0.15, -0.1) is 0 Å². The smallest absolute Gasteiger partial charge is 0.240 e. The first-order valence-corrected chi connectivity index (χ1v) is 11.1. The molecule has 0 saturated carbocycles. The second kappa shape index (κ2) is 9.52. The van der Waals surface area contributed by atoms with Crippen LogP contribution in [0.15, 0.2) is 33.7 Å². The molecule has 0 atom stereocenters. The van der Waals surface area contributed by atoms with Crippen molar-refractivity contribution in [2.45, 2.75) is 31.1 Å². The van der Waals surface area contributed by atoms with Crippen molar-refractivity contribution in [1.29, 1.82) is 0 Å². The summed E-state index contributed by atoms with van der Waals surface area (Å²) in [5.41, 5.74) is 0. The van der Waals surface area contributed by atoms with E-state index in [-0.39, 0.29) is 30.7 Å². The van der Waals surface area contributed by atoms with E-state index in [1.54, 1.807) is 17.9 Å². The summed E-state index contributed by atoms with van der Waals surface area (Å²) < 4.78 is 57.6. The average Bonchev–Trinajstić information content (AvgIpc) is 3.14. The number of halogens is 2. The zero-order valence-corrected chi connectivity index (χ0v) is 17.5. The van der Waals surface area contributed by atoms with Gasteiger partial charge in [-0.3, -0.25) is 9.59 Å². The number of nitrogens with one attached hydrogen (secondary N) is 2. The lowest BCUT2D eigenvalue weighted by atomic mass is 9.95. The Hall–Kier alpha value is -2.86. The highest BCUT2D eigenvalue weighted by Crippen LogP contribution is 2.20. The van der Waals surface area contributed by atoms with Crippen LogP contribution in [0.3, 0.4) is 0 Å². The molecular weight excluding hydrogens is 434 g/mol. The van der Waals surface area contributed by atoms with E-state index in [9.17, 15) is 26.8 Å². The number of rotatable bonds is 7. The number of piperidine rings is 1. The molecule has 1 fully saturated rings. The molecule has 168 valence electrons. The highest BCUT2D eigenvalue weighted by molar-refractivity contribution is 7.89. The molecule has 31 heavy (non-hydrogen) atoms. The number of amides is 2. The molecule has 12 heteroatoms. The summed E-state index contributed by atoms with van der Waals surface area (Å²) in [6.45, 7) is 2.26. The minimum absolute atomic E-state index is 0.0992. The number of nitrogens with zero attached hydrogens (tertiary/aromatic N) is 2. The average molecular weight is 456 g/mol. The summed E-state index contributed by atoms with van der Waals surface area (Å²) in [5, 5.41) is 6.39. The molecule has 1 aromatic heterocycles. The SMILES string of the molecule is Cc1cc(NC(=O)C2CCN(C(=O)CCNS(=O)(=O)c3ccc(F)c(F)c3)CC2)no1. The largest absolute Gasteiger partial charge is 0.360 e. The van der Waals surface area contributed by atoms with Crippen LogP contribution in [-0.2, 0) is 19.6 Å². The van der Waals surface area contributed by atoms with Gasteiger partial charge in [0.15, 0.2) is 17.5 Å². The van der Waals surface area contributed by atoms with Gasteiger partial charge in [0.25, 0.3) is 0 Å². The predicted octanol–water partition coefficient (Wildman–Crippen LogP) is 1.81. The van der Waals surface area contributed by atoms with Gasteiger partial charge in [0, 0.05) is 38.0 Å². The minimum Gasteiger partial charge on any atom is -0.360 e. The molecule has 2 aromatic rings. The Morgan fingerprint density at radius 2 is 1.90 bits per heavy atom. The van der Waals surface area contributed by atoms with Crippen LogP contribution in [0.1, 0.15) is 25.0 Å². The number of sulfonamides is 1. The first kappa shape index (κ1) is 22.8. The van der Waals surface area contributed by atoms with Crippen LogP contribution >= 0.6 is 0 Å². The molecule has 1 aromatic carbocycles. The van der Waals surface area contributed by atoms with E-state index in [0.29, 0.717) is 43.6 Å². The molecule has 2 heterocycles. The van der Waals surface area contributed by atoms with Crippen LogP contribution in [0.25, 0.3) is 0 Å². The van der Waals surface area contributed by atoms with Crippen LogP contribution < -0.4 is 10.0 Å². The van der Waals surface area contributed by atoms with Crippen LogP contribution in [0.5, 0.6) is 0 Å². The van der Waals surface area contributed by atoms with E-state index in [0.717, 1.165) is 12.1 Å². The highest BCUT2D eigenvalue weighted by Gasteiger charge is 2.28. The molecule has 2 N–H and O–H groups in total. The van der Waals surface area contributed by atoms with Gasteiger partial charge in [-0.25, -0.2) is 21.9 Å². The third-order valence-corrected chi connectivity index (χ3v) is 6.39. The maximum absolute atomic E-state index is 13.2. The molecule has 1 aliphatic rings. The van der Waals surface area contributed by atoms with Crippen molar-refractivity contribution in [3.63, 3.8) is 0 Å². The number of likely N-dealkylation sites (tertiary alicyclic amines) is 1. The van der Waals surface area contributed by atoms with E-state index < -0.39 is 26.6 Å². The molecule has 2 amide bonds. The summed E-state index contributed by atoms with van der Waals surface area (Å²) >= 11 is 0. The zero-order chi connectivity index (χ0) is 22.6.